The molecule has 2 heterocycles. The molecule has 0 spiro atoms. The molecule has 1 atom stereocenters. The van der Waals surface area contributed by atoms with Crippen molar-refractivity contribution >= 4 is 17.6 Å². The number of hydrogen-bond donors (Lipinski definition) is 2. The number of ether oxygens (including phenoxy) is 1. The average Bonchev–Trinajstić information content (AvgIpc) is 3.00. The summed E-state index contributed by atoms with van der Waals surface area (Å²) in [5.41, 5.74) is 0.645. The topological polar surface area (TPSA) is 73.9 Å². The van der Waals surface area contributed by atoms with Gasteiger partial charge in [-0.25, -0.2) is 9.18 Å². The van der Waals surface area contributed by atoms with Gasteiger partial charge in [0.2, 0.25) is 5.91 Å². The van der Waals surface area contributed by atoms with Crippen LogP contribution < -0.4 is 15.5 Å². The molecule has 0 unspecified atom stereocenters. The van der Waals surface area contributed by atoms with Gasteiger partial charge in [-0.2, -0.15) is 0 Å². The van der Waals surface area contributed by atoms with Crippen LogP contribution in [-0.2, 0) is 9.53 Å². The lowest BCUT2D eigenvalue weighted by Gasteiger charge is -2.26. The second-order valence-electron chi connectivity index (χ2n) is 6.59. The number of carbonyl (C=O) groups excluding carboxylic acids is 2. The van der Waals surface area contributed by atoms with Crippen LogP contribution in [0.5, 0.6) is 0 Å². The van der Waals surface area contributed by atoms with Crippen molar-refractivity contribution < 1.29 is 18.7 Å². The normalized spacial score (nSPS) is 21.0. The van der Waals surface area contributed by atoms with Gasteiger partial charge in [-0.15, -0.1) is 0 Å². The Morgan fingerprint density at radius 1 is 1.23 bits per heavy atom. The van der Waals surface area contributed by atoms with Crippen molar-refractivity contribution in [2.24, 2.45) is 0 Å². The molecule has 0 aliphatic carbocycles. The third-order valence-corrected chi connectivity index (χ3v) is 4.64. The Morgan fingerprint density at radius 2 is 1.96 bits per heavy atom. The van der Waals surface area contributed by atoms with Crippen LogP contribution in [0.15, 0.2) is 24.3 Å². The van der Waals surface area contributed by atoms with E-state index < -0.39 is 0 Å². The van der Waals surface area contributed by atoms with Crippen molar-refractivity contribution in [2.75, 3.05) is 50.8 Å². The van der Waals surface area contributed by atoms with Crippen molar-refractivity contribution in [3.8, 4) is 0 Å². The van der Waals surface area contributed by atoms with Crippen LogP contribution in [0.2, 0.25) is 0 Å². The first-order valence-corrected chi connectivity index (χ1v) is 9.02. The van der Waals surface area contributed by atoms with Gasteiger partial charge in [0.25, 0.3) is 0 Å². The third kappa shape index (κ3) is 5.15. The number of hydrogen-bond acceptors (Lipinski definition) is 4. The van der Waals surface area contributed by atoms with Crippen LogP contribution in [0.1, 0.15) is 12.8 Å². The van der Waals surface area contributed by atoms with E-state index in [1.54, 1.807) is 17.0 Å². The minimum atomic E-state index is -0.341. The smallest absolute Gasteiger partial charge is 0.315 e. The molecule has 8 heteroatoms. The first-order chi connectivity index (χ1) is 12.6. The van der Waals surface area contributed by atoms with E-state index >= 15 is 0 Å². The van der Waals surface area contributed by atoms with Gasteiger partial charge in [-0.05, 0) is 37.2 Å². The molecule has 142 valence electrons. The third-order valence-electron chi connectivity index (χ3n) is 4.64. The molecule has 2 fully saturated rings. The van der Waals surface area contributed by atoms with Gasteiger partial charge in [0.15, 0.2) is 0 Å². The molecule has 2 N–H and O–H groups in total. The Bertz CT molecular complexity index is 619. The summed E-state index contributed by atoms with van der Waals surface area (Å²) in [4.78, 5) is 28.0. The molecule has 2 saturated heterocycles. The molecule has 3 amide bonds. The summed E-state index contributed by atoms with van der Waals surface area (Å²) >= 11 is 0. The van der Waals surface area contributed by atoms with Gasteiger partial charge in [-0.1, -0.05) is 0 Å². The van der Waals surface area contributed by atoms with Gasteiger partial charge in [-0.3, -0.25) is 9.69 Å². The Balaban J connectivity index is 1.36. The lowest BCUT2D eigenvalue weighted by molar-refractivity contribution is -0.117. The van der Waals surface area contributed by atoms with Crippen molar-refractivity contribution in [1.82, 2.24) is 15.5 Å². The molecule has 0 bridgehead atoms. The zero-order chi connectivity index (χ0) is 18.4. The fourth-order valence-corrected chi connectivity index (χ4v) is 3.24. The Kier molecular flexibility index (Phi) is 6.40. The highest BCUT2D eigenvalue weighted by atomic mass is 19.1. The van der Waals surface area contributed by atoms with Crippen molar-refractivity contribution in [2.45, 2.75) is 18.9 Å². The lowest BCUT2D eigenvalue weighted by atomic mass is 10.2. The van der Waals surface area contributed by atoms with Crippen LogP contribution in [0.3, 0.4) is 0 Å². The molecular weight excluding hydrogens is 339 g/mol. The zero-order valence-corrected chi connectivity index (χ0v) is 14.7. The van der Waals surface area contributed by atoms with E-state index in [9.17, 15) is 14.0 Å². The molecule has 0 aromatic heterocycles. The van der Waals surface area contributed by atoms with Gasteiger partial charge in [0, 0.05) is 38.3 Å². The number of benzene rings is 1. The van der Waals surface area contributed by atoms with Gasteiger partial charge < -0.3 is 20.3 Å². The summed E-state index contributed by atoms with van der Waals surface area (Å²) in [7, 11) is 0. The first-order valence-electron chi connectivity index (χ1n) is 9.02. The number of amides is 3. The van der Waals surface area contributed by atoms with Crippen molar-refractivity contribution in [3.63, 3.8) is 0 Å². The number of morpholine rings is 1. The van der Waals surface area contributed by atoms with E-state index in [1.165, 1.54) is 12.1 Å². The van der Waals surface area contributed by atoms with E-state index in [0.29, 0.717) is 18.8 Å². The first kappa shape index (κ1) is 18.6. The maximum absolute atomic E-state index is 13.0. The van der Waals surface area contributed by atoms with Crippen LogP contribution >= 0.6 is 0 Å². The standard InChI is InChI=1S/C18H25FN4O3/c19-14-2-4-16(5-3-14)23-13-15(12-17(23)24)21-18(25)20-6-1-7-22-8-10-26-11-9-22/h2-5,15H,1,6-13H2,(H2,20,21,25)/t15-/m1/s1. The van der Waals surface area contributed by atoms with Gasteiger partial charge in [0.05, 0.1) is 19.3 Å². The molecule has 1 aromatic carbocycles. The number of anilines is 1. The predicted molar refractivity (Wildman–Crippen MR) is 95.6 cm³/mol. The Labute approximate surface area is 152 Å². The summed E-state index contributed by atoms with van der Waals surface area (Å²) < 4.78 is 18.3. The molecule has 2 aliphatic heterocycles. The highest BCUT2D eigenvalue weighted by molar-refractivity contribution is 5.96. The monoisotopic (exact) mass is 364 g/mol. The quantitative estimate of drug-likeness (QED) is 0.738. The summed E-state index contributed by atoms with van der Waals surface area (Å²) in [6.07, 6.45) is 1.12. The number of nitrogens with zero attached hydrogens (tertiary/aromatic N) is 2. The second-order valence-corrected chi connectivity index (χ2v) is 6.59. The summed E-state index contributed by atoms with van der Waals surface area (Å²) in [5.74, 6) is -0.416. The maximum Gasteiger partial charge on any atom is 0.315 e. The van der Waals surface area contributed by atoms with Crippen LogP contribution in [0, 0.1) is 5.82 Å². The lowest BCUT2D eigenvalue weighted by Crippen LogP contribution is -2.44. The zero-order valence-electron chi connectivity index (χ0n) is 14.7. The molecule has 2 aliphatic rings. The largest absolute Gasteiger partial charge is 0.379 e. The summed E-state index contributed by atoms with van der Waals surface area (Å²) in [6.45, 7) is 5.34. The van der Waals surface area contributed by atoms with E-state index in [4.69, 9.17) is 4.74 Å². The maximum atomic E-state index is 13.0. The fraction of sp³-hybridized carbons (Fsp3) is 0.556. The van der Waals surface area contributed by atoms with Crippen molar-refractivity contribution in [3.05, 3.63) is 30.1 Å². The molecule has 26 heavy (non-hydrogen) atoms. The van der Waals surface area contributed by atoms with Gasteiger partial charge in [0.1, 0.15) is 5.82 Å². The fourth-order valence-electron chi connectivity index (χ4n) is 3.24. The molecule has 1 aromatic rings. The van der Waals surface area contributed by atoms with E-state index in [0.717, 1.165) is 39.3 Å². The molecular formula is C18H25FN4O3. The minimum absolute atomic E-state index is 0.0748. The SMILES string of the molecule is O=C(NCCCN1CCOCC1)N[C@@H]1CC(=O)N(c2ccc(F)cc2)C1. The predicted octanol–water partition coefficient (Wildman–Crippen LogP) is 0.953. The van der Waals surface area contributed by atoms with Crippen LogP contribution in [0.4, 0.5) is 14.9 Å². The highest BCUT2D eigenvalue weighted by Gasteiger charge is 2.31. The number of nitrogens with one attached hydrogen (secondary N) is 2. The molecule has 0 saturated carbocycles. The van der Waals surface area contributed by atoms with Crippen LogP contribution in [-0.4, -0.2) is 68.8 Å². The number of rotatable bonds is 6. The van der Waals surface area contributed by atoms with Crippen molar-refractivity contribution in [1.29, 1.82) is 0 Å². The number of urea groups is 1. The van der Waals surface area contributed by atoms with E-state index in [2.05, 4.69) is 15.5 Å². The Morgan fingerprint density at radius 3 is 2.69 bits per heavy atom. The van der Waals surface area contributed by atoms with E-state index in [1.807, 2.05) is 0 Å². The highest BCUT2D eigenvalue weighted by Crippen LogP contribution is 2.21. The van der Waals surface area contributed by atoms with Crippen LogP contribution in [0.25, 0.3) is 0 Å². The minimum Gasteiger partial charge on any atom is -0.379 e. The Hall–Kier alpha value is -2.19. The summed E-state index contributed by atoms with van der Waals surface area (Å²) in [6, 6.07) is 5.29. The molecule has 3 rings (SSSR count). The van der Waals surface area contributed by atoms with Gasteiger partial charge >= 0.3 is 6.03 Å². The molecule has 7 nitrogen and oxygen atoms in total. The average molecular weight is 364 g/mol. The molecule has 0 radical (unpaired) electrons. The number of carbonyl (C=O) groups is 2. The summed E-state index contributed by atoms with van der Waals surface area (Å²) in [5, 5.41) is 5.68. The van der Waals surface area contributed by atoms with E-state index in [-0.39, 0.29) is 30.2 Å². The number of halogens is 1. The second kappa shape index (κ2) is 8.95.